The molecule has 1 aliphatic heterocycles. The van der Waals surface area contributed by atoms with Crippen LogP contribution in [0.3, 0.4) is 0 Å². The van der Waals surface area contributed by atoms with Crippen LogP contribution in [0.2, 0.25) is 0 Å². The van der Waals surface area contributed by atoms with Crippen molar-refractivity contribution in [3.63, 3.8) is 0 Å². The first-order valence-electron chi connectivity index (χ1n) is 9.93. The summed E-state index contributed by atoms with van der Waals surface area (Å²) in [5.74, 6) is 0.447. The number of carbonyl (C=O) groups is 1. The van der Waals surface area contributed by atoms with Gasteiger partial charge in [-0.25, -0.2) is 0 Å². The molecule has 0 aromatic heterocycles. The smallest absolute Gasteiger partial charge is 0.255 e. The van der Waals surface area contributed by atoms with Gasteiger partial charge in [0, 0.05) is 37.0 Å². The molecule has 1 heterocycles. The summed E-state index contributed by atoms with van der Waals surface area (Å²) in [6.45, 7) is 2.04. The Morgan fingerprint density at radius 2 is 1.77 bits per heavy atom. The molecule has 0 atom stereocenters. The Kier molecular flexibility index (Phi) is 5.52. The Morgan fingerprint density at radius 1 is 1.03 bits per heavy atom. The van der Waals surface area contributed by atoms with Gasteiger partial charge in [-0.05, 0) is 42.7 Å². The van der Waals surface area contributed by atoms with E-state index in [1.54, 1.807) is 37.4 Å². The Bertz CT molecular complexity index is 1120. The molecule has 4 rings (SSSR count). The maximum atomic E-state index is 12.5. The lowest BCUT2D eigenvalue weighted by Crippen LogP contribution is -2.41. The van der Waals surface area contributed by atoms with Gasteiger partial charge in [-0.2, -0.15) is 0 Å². The third-order valence-corrected chi connectivity index (χ3v) is 5.32. The summed E-state index contributed by atoms with van der Waals surface area (Å²) in [6.07, 6.45) is 2.08. The fraction of sp³-hybridized carbons (Fsp3) is 0.261. The molecule has 0 aliphatic carbocycles. The van der Waals surface area contributed by atoms with Crippen LogP contribution >= 0.6 is 0 Å². The molecule has 154 valence electrons. The average Bonchev–Trinajstić information content (AvgIpc) is 3.30. The number of hydrogen-bond donors (Lipinski definition) is 2. The molecule has 1 amide bonds. The van der Waals surface area contributed by atoms with Gasteiger partial charge in [0.1, 0.15) is 17.1 Å². The Morgan fingerprint density at radius 3 is 2.47 bits per heavy atom. The Labute approximate surface area is 174 Å². The summed E-state index contributed by atoms with van der Waals surface area (Å²) in [5.41, 5.74) is 2.16. The SMILES string of the molecule is COc1cccc(NC(=O)c2ccc(CNc3c(N4CCCC4)c(=O)c3=O)cc2)c1. The zero-order valence-corrected chi connectivity index (χ0v) is 16.7. The van der Waals surface area contributed by atoms with E-state index in [0.29, 0.717) is 34.9 Å². The van der Waals surface area contributed by atoms with Crippen LogP contribution in [0.4, 0.5) is 17.1 Å². The molecule has 1 aliphatic rings. The number of nitrogens with zero attached hydrogens (tertiary/aromatic N) is 1. The monoisotopic (exact) mass is 405 g/mol. The number of rotatable bonds is 7. The van der Waals surface area contributed by atoms with E-state index in [1.165, 1.54) is 0 Å². The molecular formula is C23H23N3O4. The second kappa shape index (κ2) is 8.41. The number of nitrogens with one attached hydrogen (secondary N) is 2. The van der Waals surface area contributed by atoms with E-state index in [4.69, 9.17) is 4.74 Å². The molecule has 0 spiro atoms. The van der Waals surface area contributed by atoms with Crippen LogP contribution in [0.5, 0.6) is 5.75 Å². The lowest BCUT2D eigenvalue weighted by atomic mass is 10.1. The highest BCUT2D eigenvalue weighted by Gasteiger charge is 2.27. The van der Waals surface area contributed by atoms with Crippen LogP contribution in [-0.4, -0.2) is 26.1 Å². The van der Waals surface area contributed by atoms with Gasteiger partial charge >= 0.3 is 0 Å². The van der Waals surface area contributed by atoms with Gasteiger partial charge in [-0.1, -0.05) is 18.2 Å². The van der Waals surface area contributed by atoms with Gasteiger partial charge in [-0.3, -0.25) is 14.4 Å². The minimum absolute atomic E-state index is 0.221. The number of amides is 1. The number of ether oxygens (including phenoxy) is 1. The second-order valence-corrected chi connectivity index (χ2v) is 7.31. The predicted octanol–water partition coefficient (Wildman–Crippen LogP) is 2.76. The van der Waals surface area contributed by atoms with E-state index in [-0.39, 0.29) is 5.91 Å². The minimum Gasteiger partial charge on any atom is -0.497 e. The molecule has 3 aromatic rings. The third-order valence-electron chi connectivity index (χ3n) is 5.32. The number of methoxy groups -OCH3 is 1. The first kappa shape index (κ1) is 19.7. The fourth-order valence-corrected chi connectivity index (χ4v) is 3.65. The molecule has 1 saturated heterocycles. The van der Waals surface area contributed by atoms with E-state index in [2.05, 4.69) is 10.6 Å². The predicted molar refractivity (Wildman–Crippen MR) is 118 cm³/mol. The summed E-state index contributed by atoms with van der Waals surface area (Å²) in [5, 5.41) is 5.94. The topological polar surface area (TPSA) is 87.7 Å². The van der Waals surface area contributed by atoms with Crippen LogP contribution in [0.15, 0.2) is 58.1 Å². The zero-order valence-electron chi connectivity index (χ0n) is 16.7. The van der Waals surface area contributed by atoms with Crippen LogP contribution in [0.25, 0.3) is 0 Å². The number of benzene rings is 2. The summed E-state index contributed by atoms with van der Waals surface area (Å²) < 4.78 is 5.16. The number of carbonyl (C=O) groups excluding carboxylic acids is 1. The summed E-state index contributed by atoms with van der Waals surface area (Å²) >= 11 is 0. The normalized spacial score (nSPS) is 13.4. The van der Waals surface area contributed by atoms with Gasteiger partial charge < -0.3 is 20.3 Å². The molecule has 3 aromatic carbocycles. The van der Waals surface area contributed by atoms with Gasteiger partial charge in [0.25, 0.3) is 16.8 Å². The van der Waals surface area contributed by atoms with Crippen molar-refractivity contribution in [3.8, 4) is 5.75 Å². The van der Waals surface area contributed by atoms with Crippen LogP contribution in [-0.2, 0) is 6.54 Å². The highest BCUT2D eigenvalue weighted by molar-refractivity contribution is 6.04. The van der Waals surface area contributed by atoms with Crippen LogP contribution in [0.1, 0.15) is 28.8 Å². The summed E-state index contributed by atoms with van der Waals surface area (Å²) in [4.78, 5) is 38.3. The van der Waals surface area contributed by atoms with Gasteiger partial charge in [0.2, 0.25) is 0 Å². The van der Waals surface area contributed by atoms with Crippen LogP contribution in [0, 0.1) is 0 Å². The molecule has 0 radical (unpaired) electrons. The minimum atomic E-state index is -0.453. The summed E-state index contributed by atoms with van der Waals surface area (Å²) in [6, 6.07) is 14.3. The molecule has 2 N–H and O–H groups in total. The van der Waals surface area contributed by atoms with Gasteiger partial charge in [0.15, 0.2) is 0 Å². The first-order chi connectivity index (χ1) is 14.6. The molecule has 7 heteroatoms. The Balaban J connectivity index is 1.38. The third kappa shape index (κ3) is 3.91. The average molecular weight is 405 g/mol. The lowest BCUT2D eigenvalue weighted by Gasteiger charge is -2.22. The highest BCUT2D eigenvalue weighted by atomic mass is 16.5. The molecule has 0 saturated carbocycles. The largest absolute Gasteiger partial charge is 0.497 e. The van der Waals surface area contributed by atoms with Crippen LogP contribution < -0.4 is 31.1 Å². The van der Waals surface area contributed by atoms with Crippen molar-refractivity contribution in [1.29, 1.82) is 0 Å². The van der Waals surface area contributed by atoms with Crippen molar-refractivity contribution in [1.82, 2.24) is 0 Å². The molecule has 1 fully saturated rings. The van der Waals surface area contributed by atoms with E-state index >= 15 is 0 Å². The molecule has 30 heavy (non-hydrogen) atoms. The zero-order chi connectivity index (χ0) is 21.1. The van der Waals surface area contributed by atoms with E-state index in [9.17, 15) is 14.4 Å². The van der Waals surface area contributed by atoms with E-state index < -0.39 is 10.9 Å². The Hall–Kier alpha value is -3.61. The maximum Gasteiger partial charge on any atom is 0.255 e. The quantitative estimate of drug-likeness (QED) is 0.588. The van der Waals surface area contributed by atoms with E-state index in [0.717, 1.165) is 31.5 Å². The molecule has 0 unspecified atom stereocenters. The van der Waals surface area contributed by atoms with Crippen molar-refractivity contribution in [2.75, 3.05) is 35.7 Å². The summed E-state index contributed by atoms with van der Waals surface area (Å²) in [7, 11) is 1.57. The van der Waals surface area contributed by atoms with Crippen molar-refractivity contribution >= 4 is 23.0 Å². The van der Waals surface area contributed by atoms with Crippen molar-refractivity contribution in [2.45, 2.75) is 19.4 Å². The van der Waals surface area contributed by atoms with Gasteiger partial charge in [-0.15, -0.1) is 0 Å². The molecule has 0 bridgehead atoms. The fourth-order valence-electron chi connectivity index (χ4n) is 3.65. The van der Waals surface area contributed by atoms with Crippen molar-refractivity contribution < 1.29 is 9.53 Å². The van der Waals surface area contributed by atoms with E-state index in [1.807, 2.05) is 23.1 Å². The molecular weight excluding hydrogens is 382 g/mol. The van der Waals surface area contributed by atoms with Crippen molar-refractivity contribution in [2.24, 2.45) is 0 Å². The van der Waals surface area contributed by atoms with Crippen molar-refractivity contribution in [3.05, 3.63) is 80.1 Å². The number of hydrogen-bond acceptors (Lipinski definition) is 6. The van der Waals surface area contributed by atoms with Gasteiger partial charge in [0.05, 0.1) is 7.11 Å². The molecule has 7 nitrogen and oxygen atoms in total. The number of anilines is 3. The highest BCUT2D eigenvalue weighted by Crippen LogP contribution is 2.24. The standard InChI is InChI=1S/C23H23N3O4/c1-30-18-6-4-5-17(13-18)25-23(29)16-9-7-15(8-10-16)14-24-19-20(22(28)21(19)27)26-11-2-3-12-26/h4-10,13,24H,2-3,11-12,14H2,1H3,(H,25,29). The lowest BCUT2D eigenvalue weighted by molar-refractivity contribution is 0.102. The second-order valence-electron chi connectivity index (χ2n) is 7.31. The first-order valence-corrected chi connectivity index (χ1v) is 9.93. The maximum absolute atomic E-state index is 12.5.